The smallest absolute Gasteiger partial charge is 0.409 e. The molecule has 0 radical (unpaired) electrons. The van der Waals surface area contributed by atoms with Gasteiger partial charge in [0.05, 0.1) is 13.2 Å². The van der Waals surface area contributed by atoms with Crippen molar-refractivity contribution in [2.24, 2.45) is 5.92 Å². The summed E-state index contributed by atoms with van der Waals surface area (Å²) in [4.78, 5) is 24.6. The number of carbonyl (C=O) groups excluding carboxylic acids is 2. The summed E-state index contributed by atoms with van der Waals surface area (Å²) >= 11 is 0. The van der Waals surface area contributed by atoms with Crippen molar-refractivity contribution in [1.82, 2.24) is 4.90 Å². The maximum Gasteiger partial charge on any atom is 0.409 e. The summed E-state index contributed by atoms with van der Waals surface area (Å²) in [6.45, 7) is 8.44. The van der Waals surface area contributed by atoms with Crippen molar-refractivity contribution in [3.05, 3.63) is 0 Å². The van der Waals surface area contributed by atoms with E-state index in [-0.39, 0.29) is 24.1 Å². The first-order chi connectivity index (χ1) is 8.90. The van der Waals surface area contributed by atoms with Crippen LogP contribution in [0.3, 0.4) is 0 Å². The quantitative estimate of drug-likeness (QED) is 0.638. The summed E-state index contributed by atoms with van der Waals surface area (Å²) in [6, 6.07) is 0. The first kappa shape index (κ1) is 17.7. The molecule has 19 heavy (non-hydrogen) atoms. The Bertz CT molecular complexity index is 279. The first-order valence-electron chi connectivity index (χ1n) is 6.98. The van der Waals surface area contributed by atoms with Crippen LogP contribution in [0.4, 0.5) is 4.79 Å². The fourth-order valence-corrected chi connectivity index (χ4v) is 1.69. The van der Waals surface area contributed by atoms with Crippen LogP contribution in [-0.4, -0.2) is 43.3 Å². The van der Waals surface area contributed by atoms with Crippen LogP contribution in [0.1, 0.15) is 47.0 Å². The zero-order valence-electron chi connectivity index (χ0n) is 12.8. The number of carbonyl (C=O) groups is 2. The highest BCUT2D eigenvalue weighted by molar-refractivity contribution is 5.70. The van der Waals surface area contributed by atoms with Crippen LogP contribution in [0.25, 0.3) is 0 Å². The van der Waals surface area contributed by atoms with Gasteiger partial charge in [0.1, 0.15) is 6.10 Å². The van der Waals surface area contributed by atoms with Gasteiger partial charge in [0.25, 0.3) is 0 Å². The lowest BCUT2D eigenvalue weighted by atomic mass is 10.1. The Morgan fingerprint density at radius 3 is 2.32 bits per heavy atom. The monoisotopic (exact) mass is 273 g/mol. The van der Waals surface area contributed by atoms with Gasteiger partial charge in [0.15, 0.2) is 0 Å². The van der Waals surface area contributed by atoms with Gasteiger partial charge in [-0.2, -0.15) is 0 Å². The van der Waals surface area contributed by atoms with Crippen molar-refractivity contribution in [2.75, 3.05) is 20.2 Å². The summed E-state index contributed by atoms with van der Waals surface area (Å²) in [5, 5.41) is 0. The molecule has 0 saturated heterocycles. The van der Waals surface area contributed by atoms with Gasteiger partial charge in [-0.3, -0.25) is 4.79 Å². The summed E-state index contributed by atoms with van der Waals surface area (Å²) in [5.74, 6) is 0.0725. The highest BCUT2D eigenvalue weighted by Crippen LogP contribution is 2.09. The lowest BCUT2D eigenvalue weighted by Gasteiger charge is -2.23. The zero-order valence-corrected chi connectivity index (χ0v) is 12.8. The standard InChI is InChI=1S/C14H27NO4/c1-6-8-12(19-13(16)9-11(3)4)10-15(5)14(17)18-7-2/h11-12H,6-10H2,1-5H3. The summed E-state index contributed by atoms with van der Waals surface area (Å²) in [6.07, 6.45) is 1.40. The normalized spacial score (nSPS) is 12.1. The molecule has 0 aliphatic heterocycles. The van der Waals surface area contributed by atoms with Gasteiger partial charge in [-0.25, -0.2) is 4.79 Å². The topological polar surface area (TPSA) is 55.8 Å². The van der Waals surface area contributed by atoms with Crippen molar-refractivity contribution in [3.8, 4) is 0 Å². The Morgan fingerprint density at radius 1 is 1.21 bits per heavy atom. The second-order valence-corrected chi connectivity index (χ2v) is 5.08. The average Bonchev–Trinajstić information content (AvgIpc) is 2.28. The number of ether oxygens (including phenoxy) is 2. The molecule has 0 bridgehead atoms. The maximum absolute atomic E-state index is 11.7. The van der Waals surface area contributed by atoms with E-state index < -0.39 is 0 Å². The van der Waals surface area contributed by atoms with Crippen molar-refractivity contribution in [1.29, 1.82) is 0 Å². The second-order valence-electron chi connectivity index (χ2n) is 5.08. The van der Waals surface area contributed by atoms with E-state index >= 15 is 0 Å². The third-order valence-electron chi connectivity index (χ3n) is 2.54. The summed E-state index contributed by atoms with van der Waals surface area (Å²) in [7, 11) is 1.65. The SMILES string of the molecule is CCCC(CN(C)C(=O)OCC)OC(=O)CC(C)C. The summed E-state index contributed by atoms with van der Waals surface area (Å²) in [5.41, 5.74) is 0. The Kier molecular flexibility index (Phi) is 9.00. The fraction of sp³-hybridized carbons (Fsp3) is 0.857. The maximum atomic E-state index is 11.7. The molecule has 0 heterocycles. The van der Waals surface area contributed by atoms with Crippen LogP contribution in [0.15, 0.2) is 0 Å². The van der Waals surface area contributed by atoms with Crippen molar-refractivity contribution >= 4 is 12.1 Å². The Hall–Kier alpha value is -1.26. The number of rotatable bonds is 8. The highest BCUT2D eigenvalue weighted by Gasteiger charge is 2.19. The third-order valence-corrected chi connectivity index (χ3v) is 2.54. The van der Waals surface area contributed by atoms with E-state index in [1.165, 1.54) is 4.90 Å². The number of likely N-dealkylation sites (N-methyl/N-ethyl adjacent to an activating group) is 1. The fourth-order valence-electron chi connectivity index (χ4n) is 1.69. The molecule has 0 fully saturated rings. The Labute approximate surface area is 116 Å². The third kappa shape index (κ3) is 8.46. The van der Waals surface area contributed by atoms with Crippen LogP contribution in [-0.2, 0) is 14.3 Å². The molecule has 0 spiro atoms. The second kappa shape index (κ2) is 9.64. The molecule has 1 amide bonds. The number of esters is 1. The minimum atomic E-state index is -0.386. The lowest BCUT2D eigenvalue weighted by Crippen LogP contribution is -2.37. The largest absolute Gasteiger partial charge is 0.460 e. The predicted octanol–water partition coefficient (Wildman–Crippen LogP) is 2.83. The molecule has 0 aromatic heterocycles. The zero-order chi connectivity index (χ0) is 14.8. The molecule has 0 aliphatic rings. The Morgan fingerprint density at radius 2 is 1.84 bits per heavy atom. The van der Waals surface area contributed by atoms with Crippen molar-refractivity contribution in [2.45, 2.75) is 53.1 Å². The Balaban J connectivity index is 4.31. The predicted molar refractivity (Wildman–Crippen MR) is 73.9 cm³/mol. The number of amides is 1. The average molecular weight is 273 g/mol. The number of nitrogens with zero attached hydrogens (tertiary/aromatic N) is 1. The highest BCUT2D eigenvalue weighted by atomic mass is 16.6. The van der Waals surface area contributed by atoms with Gasteiger partial charge < -0.3 is 14.4 Å². The molecule has 0 rings (SSSR count). The molecule has 1 unspecified atom stereocenters. The number of hydrogen-bond donors (Lipinski definition) is 0. The summed E-state index contributed by atoms with van der Waals surface area (Å²) < 4.78 is 10.3. The molecule has 0 aromatic carbocycles. The van der Waals surface area contributed by atoms with Gasteiger partial charge in [0, 0.05) is 13.5 Å². The molecule has 0 N–H and O–H groups in total. The molecule has 5 heteroatoms. The van der Waals surface area contributed by atoms with Gasteiger partial charge >= 0.3 is 12.1 Å². The van der Waals surface area contributed by atoms with Gasteiger partial charge in [-0.15, -0.1) is 0 Å². The van der Waals surface area contributed by atoms with E-state index in [9.17, 15) is 9.59 Å². The van der Waals surface area contributed by atoms with Crippen LogP contribution in [0.5, 0.6) is 0 Å². The minimum absolute atomic E-state index is 0.203. The first-order valence-corrected chi connectivity index (χ1v) is 6.98. The van der Waals surface area contributed by atoms with E-state index in [4.69, 9.17) is 9.47 Å². The molecular weight excluding hydrogens is 246 g/mol. The molecule has 1 atom stereocenters. The molecule has 0 aliphatic carbocycles. The van der Waals surface area contributed by atoms with Crippen LogP contribution >= 0.6 is 0 Å². The van der Waals surface area contributed by atoms with E-state index in [1.54, 1.807) is 14.0 Å². The number of hydrogen-bond acceptors (Lipinski definition) is 4. The molecule has 112 valence electrons. The molecular formula is C14H27NO4. The van der Waals surface area contributed by atoms with E-state index in [1.807, 2.05) is 20.8 Å². The van der Waals surface area contributed by atoms with E-state index in [0.29, 0.717) is 19.6 Å². The van der Waals surface area contributed by atoms with Crippen LogP contribution in [0.2, 0.25) is 0 Å². The lowest BCUT2D eigenvalue weighted by molar-refractivity contribution is -0.151. The molecule has 0 aromatic rings. The van der Waals surface area contributed by atoms with Gasteiger partial charge in [-0.1, -0.05) is 27.2 Å². The van der Waals surface area contributed by atoms with Gasteiger partial charge in [-0.05, 0) is 19.3 Å². The van der Waals surface area contributed by atoms with Crippen LogP contribution in [0, 0.1) is 5.92 Å². The minimum Gasteiger partial charge on any atom is -0.460 e. The van der Waals surface area contributed by atoms with Gasteiger partial charge in [0.2, 0.25) is 0 Å². The van der Waals surface area contributed by atoms with Crippen LogP contribution < -0.4 is 0 Å². The van der Waals surface area contributed by atoms with E-state index in [0.717, 1.165) is 12.8 Å². The molecule has 5 nitrogen and oxygen atoms in total. The van der Waals surface area contributed by atoms with Crippen molar-refractivity contribution < 1.29 is 19.1 Å². The van der Waals surface area contributed by atoms with E-state index in [2.05, 4.69) is 0 Å². The molecule has 0 saturated carbocycles. The van der Waals surface area contributed by atoms with Crippen molar-refractivity contribution in [3.63, 3.8) is 0 Å².